The lowest BCUT2D eigenvalue weighted by Crippen LogP contribution is -2.30. The lowest BCUT2D eigenvalue weighted by Gasteiger charge is -2.18. The Morgan fingerprint density at radius 3 is 0.617 bits per heavy atom. The van der Waals surface area contributed by atoms with Gasteiger partial charge in [-0.1, -0.05) is 380 Å². The summed E-state index contributed by atoms with van der Waals surface area (Å²) in [7, 11) is 0. The van der Waals surface area contributed by atoms with Gasteiger partial charge in [0.2, 0.25) is 0 Å². The lowest BCUT2D eigenvalue weighted by molar-refractivity contribution is -0.167. The number of rotatable bonds is 70. The van der Waals surface area contributed by atoms with Crippen LogP contribution in [0.5, 0.6) is 0 Å². The van der Waals surface area contributed by atoms with Gasteiger partial charge in [-0.3, -0.25) is 14.4 Å². The Morgan fingerprint density at radius 2 is 0.407 bits per heavy atom. The molecule has 0 spiro atoms. The van der Waals surface area contributed by atoms with E-state index < -0.39 is 6.10 Å². The molecule has 81 heavy (non-hydrogen) atoms. The van der Waals surface area contributed by atoms with Gasteiger partial charge in [0.25, 0.3) is 0 Å². The highest BCUT2D eigenvalue weighted by Gasteiger charge is 2.20. The zero-order valence-electron chi connectivity index (χ0n) is 55.4. The van der Waals surface area contributed by atoms with Crippen molar-refractivity contribution < 1.29 is 28.6 Å². The summed E-state index contributed by atoms with van der Waals surface area (Å²) < 4.78 is 17.0. The Balaban J connectivity index is 4.10. The summed E-state index contributed by atoms with van der Waals surface area (Å²) >= 11 is 0. The van der Waals surface area contributed by atoms with E-state index in [0.29, 0.717) is 19.3 Å². The van der Waals surface area contributed by atoms with E-state index in [1.54, 1.807) is 0 Å². The first-order valence-electron chi connectivity index (χ1n) is 37.2. The number of carbonyl (C=O) groups is 3. The molecule has 0 saturated carbocycles. The number of hydrogen-bond acceptors (Lipinski definition) is 6. The summed E-state index contributed by atoms with van der Waals surface area (Å²) in [5.74, 6) is -0.839. The van der Waals surface area contributed by atoms with E-state index in [-0.39, 0.29) is 31.1 Å². The molecule has 0 N–H and O–H groups in total. The van der Waals surface area contributed by atoms with Crippen LogP contribution in [0.1, 0.15) is 432 Å². The normalized spacial score (nSPS) is 12.0. The molecule has 0 saturated heterocycles. The van der Waals surface area contributed by atoms with E-state index >= 15 is 0 Å². The van der Waals surface area contributed by atoms with Crippen LogP contribution < -0.4 is 0 Å². The maximum atomic E-state index is 12.9. The first kappa shape index (κ1) is 79.2. The maximum Gasteiger partial charge on any atom is 0.306 e. The molecule has 0 bridgehead atoms. The summed E-state index contributed by atoms with van der Waals surface area (Å²) in [6, 6.07) is 0. The van der Waals surface area contributed by atoms with Crippen molar-refractivity contribution in [3.8, 4) is 0 Å². The molecule has 0 aromatic rings. The average molecular weight is 1140 g/mol. The van der Waals surface area contributed by atoms with Gasteiger partial charge in [0.1, 0.15) is 13.2 Å². The van der Waals surface area contributed by atoms with E-state index in [9.17, 15) is 14.4 Å². The molecule has 1 atom stereocenters. The standard InChI is InChI=1S/C75H144O6/c1-4-7-10-13-16-19-22-25-28-30-31-32-33-34-35-36-37-38-39-40-41-42-43-44-46-47-50-53-56-59-62-65-68-74(77)80-71-72(70-79-73(76)67-64-61-58-55-52-49-27-24-21-18-15-12-9-6-3)81-75(78)69-66-63-60-57-54-51-48-45-29-26-23-20-17-14-11-8-5-2/h24,27,72H,4-23,25-26,28-71H2,1-3H3/b27-24-. The molecule has 0 radical (unpaired) electrons. The van der Waals surface area contributed by atoms with Crippen molar-refractivity contribution in [1.82, 2.24) is 0 Å². The van der Waals surface area contributed by atoms with Gasteiger partial charge in [-0.05, 0) is 44.9 Å². The third-order valence-electron chi connectivity index (χ3n) is 17.3. The van der Waals surface area contributed by atoms with Crippen LogP contribution in [0.2, 0.25) is 0 Å². The van der Waals surface area contributed by atoms with Crippen molar-refractivity contribution in [1.29, 1.82) is 0 Å². The average Bonchev–Trinajstić information content (AvgIpc) is 3.47. The minimum Gasteiger partial charge on any atom is -0.462 e. The molecule has 0 fully saturated rings. The minimum absolute atomic E-state index is 0.0656. The monoisotopic (exact) mass is 1140 g/mol. The molecule has 6 heteroatoms. The number of ether oxygens (including phenoxy) is 3. The molecule has 0 rings (SSSR count). The molecule has 0 amide bonds. The number of esters is 3. The Bertz CT molecular complexity index is 1260. The van der Waals surface area contributed by atoms with Gasteiger partial charge in [-0.2, -0.15) is 0 Å². The fourth-order valence-electron chi connectivity index (χ4n) is 11.7. The third kappa shape index (κ3) is 68.8. The Morgan fingerprint density at radius 1 is 0.235 bits per heavy atom. The molecule has 0 aliphatic rings. The fraction of sp³-hybridized carbons (Fsp3) is 0.933. The SMILES string of the molecule is CCCCCCC/C=C\CCCCCCCC(=O)OCC(COC(=O)CCCCCCCCCCCCCCCCCCCCCCCCCCCCCCCCCC)OC(=O)CCCCCCCCCCCCCCCCCCC. The number of hydrogen-bond donors (Lipinski definition) is 0. The molecule has 480 valence electrons. The van der Waals surface area contributed by atoms with Gasteiger partial charge < -0.3 is 14.2 Å². The number of allylic oxidation sites excluding steroid dienone is 2. The summed E-state index contributed by atoms with van der Waals surface area (Å²) in [5, 5.41) is 0. The van der Waals surface area contributed by atoms with E-state index in [1.807, 2.05) is 0 Å². The van der Waals surface area contributed by atoms with Crippen molar-refractivity contribution in [2.45, 2.75) is 438 Å². The third-order valence-corrected chi connectivity index (χ3v) is 17.3. The van der Waals surface area contributed by atoms with Gasteiger partial charge in [0.05, 0.1) is 0 Å². The van der Waals surface area contributed by atoms with Crippen LogP contribution in [0.3, 0.4) is 0 Å². The van der Waals surface area contributed by atoms with Gasteiger partial charge in [0.15, 0.2) is 6.10 Å². The van der Waals surface area contributed by atoms with Gasteiger partial charge in [0, 0.05) is 19.3 Å². The molecular weight excluding hydrogens is 997 g/mol. The van der Waals surface area contributed by atoms with E-state index in [2.05, 4.69) is 32.9 Å². The van der Waals surface area contributed by atoms with Crippen molar-refractivity contribution in [2.24, 2.45) is 0 Å². The predicted octanol–water partition coefficient (Wildman–Crippen LogP) is 25.6. The van der Waals surface area contributed by atoms with Gasteiger partial charge in [-0.15, -0.1) is 0 Å². The van der Waals surface area contributed by atoms with Gasteiger partial charge in [-0.25, -0.2) is 0 Å². The van der Waals surface area contributed by atoms with Crippen LogP contribution in [0.25, 0.3) is 0 Å². The van der Waals surface area contributed by atoms with Gasteiger partial charge >= 0.3 is 17.9 Å². The first-order valence-corrected chi connectivity index (χ1v) is 37.2. The molecule has 0 aromatic carbocycles. The second-order valence-corrected chi connectivity index (χ2v) is 25.6. The van der Waals surface area contributed by atoms with Crippen LogP contribution >= 0.6 is 0 Å². The summed E-state index contributed by atoms with van der Waals surface area (Å²) in [6.07, 6.45) is 85.5. The van der Waals surface area contributed by atoms with Crippen LogP contribution in [-0.4, -0.2) is 37.2 Å². The largest absolute Gasteiger partial charge is 0.462 e. The summed E-state index contributed by atoms with van der Waals surface area (Å²) in [6.45, 7) is 6.72. The Labute approximate surface area is 507 Å². The highest BCUT2D eigenvalue weighted by atomic mass is 16.6. The predicted molar refractivity (Wildman–Crippen MR) is 353 cm³/mol. The Kier molecular flexibility index (Phi) is 69.0. The second-order valence-electron chi connectivity index (χ2n) is 25.6. The van der Waals surface area contributed by atoms with Crippen molar-refractivity contribution >= 4 is 17.9 Å². The summed E-state index contributed by atoms with van der Waals surface area (Å²) in [5.41, 5.74) is 0. The van der Waals surface area contributed by atoms with Crippen LogP contribution in [0.15, 0.2) is 12.2 Å². The zero-order valence-corrected chi connectivity index (χ0v) is 55.4. The summed E-state index contributed by atoms with van der Waals surface area (Å²) in [4.78, 5) is 38.4. The zero-order chi connectivity index (χ0) is 58.5. The van der Waals surface area contributed by atoms with Crippen LogP contribution in [0, 0.1) is 0 Å². The highest BCUT2D eigenvalue weighted by molar-refractivity contribution is 5.71. The molecule has 1 unspecified atom stereocenters. The van der Waals surface area contributed by atoms with Crippen molar-refractivity contribution in [3.05, 3.63) is 12.2 Å². The van der Waals surface area contributed by atoms with E-state index in [0.717, 1.165) is 64.2 Å². The van der Waals surface area contributed by atoms with Crippen LogP contribution in [0.4, 0.5) is 0 Å². The Hall–Kier alpha value is -1.85. The van der Waals surface area contributed by atoms with E-state index in [1.165, 1.54) is 327 Å². The molecule has 0 aliphatic heterocycles. The topological polar surface area (TPSA) is 78.9 Å². The first-order chi connectivity index (χ1) is 40.0. The molecular formula is C75H144O6. The molecule has 0 aliphatic carbocycles. The minimum atomic E-state index is -0.770. The molecule has 0 aromatic heterocycles. The van der Waals surface area contributed by atoms with Crippen LogP contribution in [-0.2, 0) is 28.6 Å². The van der Waals surface area contributed by atoms with Crippen molar-refractivity contribution in [3.63, 3.8) is 0 Å². The number of carbonyl (C=O) groups excluding carboxylic acids is 3. The van der Waals surface area contributed by atoms with Crippen molar-refractivity contribution in [2.75, 3.05) is 13.2 Å². The molecule has 6 nitrogen and oxygen atoms in total. The second kappa shape index (κ2) is 70.6. The molecule has 0 heterocycles. The number of unbranched alkanes of at least 4 members (excludes halogenated alkanes) is 57. The highest BCUT2D eigenvalue weighted by Crippen LogP contribution is 2.20. The maximum absolute atomic E-state index is 12.9. The quantitative estimate of drug-likeness (QED) is 0.0261. The van der Waals surface area contributed by atoms with E-state index in [4.69, 9.17) is 14.2 Å². The lowest BCUT2D eigenvalue weighted by atomic mass is 10.0. The smallest absolute Gasteiger partial charge is 0.306 e. The fourth-order valence-corrected chi connectivity index (χ4v) is 11.7.